The number of aromatic amines is 1. The lowest BCUT2D eigenvalue weighted by Gasteiger charge is -2.22. The fraction of sp³-hybridized carbons (Fsp3) is 0.227. The number of hydrogen-bond donors (Lipinski definition) is 3. The number of piperidine rings is 1. The van der Waals surface area contributed by atoms with Gasteiger partial charge in [-0.15, -0.1) is 0 Å². The third-order valence-corrected chi connectivity index (χ3v) is 5.59. The number of hydrogen-bond acceptors (Lipinski definition) is 5. The molecule has 1 fully saturated rings. The molecule has 1 aromatic carbocycles. The fourth-order valence-corrected chi connectivity index (χ4v) is 3.88. The second-order valence-corrected chi connectivity index (χ2v) is 7.62. The third kappa shape index (κ3) is 3.79. The lowest BCUT2D eigenvalue weighted by Crippen LogP contribution is -2.29. The molecule has 0 atom stereocenters. The highest BCUT2D eigenvalue weighted by atomic mass is 19.1. The number of halogens is 2. The Morgan fingerprint density at radius 2 is 1.81 bits per heavy atom. The lowest BCUT2D eigenvalue weighted by atomic mass is 10.1. The molecule has 0 radical (unpaired) electrons. The molecule has 0 unspecified atom stereocenters. The first-order chi connectivity index (χ1) is 15.1. The monoisotopic (exact) mass is 421 g/mol. The first-order valence-corrected chi connectivity index (χ1v) is 10.1. The van der Waals surface area contributed by atoms with Crippen molar-refractivity contribution in [3.05, 3.63) is 60.7 Å². The summed E-state index contributed by atoms with van der Waals surface area (Å²) in [5.41, 5.74) is 8.90. The third-order valence-electron chi connectivity index (χ3n) is 5.59. The molecule has 5 rings (SSSR count). The highest BCUT2D eigenvalue weighted by Gasteiger charge is 2.18. The largest absolute Gasteiger partial charge is 0.383 e. The standard InChI is InChI=1S/C22H21F2N7/c23-15-1-2-19(24)17(8-15)20-11-28-22(30-20)18-7-13(9-27-21(18)25)14-10-29-31(12-14)16-3-5-26-6-4-16/h1-2,7-12,16,26H,3-6H2,(H2,25,27)(H,28,30). The van der Waals surface area contributed by atoms with Crippen LogP contribution in [0.4, 0.5) is 14.6 Å². The summed E-state index contributed by atoms with van der Waals surface area (Å²) in [6, 6.07) is 5.54. The predicted octanol–water partition coefficient (Wildman–Crippen LogP) is 3.79. The number of rotatable bonds is 4. The summed E-state index contributed by atoms with van der Waals surface area (Å²) in [6.45, 7) is 1.97. The van der Waals surface area contributed by atoms with Crippen LogP contribution >= 0.6 is 0 Å². The van der Waals surface area contributed by atoms with Crippen LogP contribution in [0.3, 0.4) is 0 Å². The van der Waals surface area contributed by atoms with Crippen LogP contribution in [0, 0.1) is 11.6 Å². The Labute approximate surface area is 177 Å². The van der Waals surface area contributed by atoms with Gasteiger partial charge in [-0.2, -0.15) is 5.10 Å². The van der Waals surface area contributed by atoms with Crippen molar-refractivity contribution in [1.82, 2.24) is 30.0 Å². The van der Waals surface area contributed by atoms with Crippen molar-refractivity contribution >= 4 is 5.82 Å². The number of nitrogens with zero attached hydrogens (tertiary/aromatic N) is 4. The molecule has 0 saturated carbocycles. The average molecular weight is 421 g/mol. The van der Waals surface area contributed by atoms with Crippen molar-refractivity contribution in [2.75, 3.05) is 18.8 Å². The molecule has 4 heterocycles. The molecule has 0 spiro atoms. The molecule has 158 valence electrons. The van der Waals surface area contributed by atoms with Crippen LogP contribution in [0.25, 0.3) is 33.8 Å². The lowest BCUT2D eigenvalue weighted by molar-refractivity contribution is 0.343. The quantitative estimate of drug-likeness (QED) is 0.466. The van der Waals surface area contributed by atoms with Crippen molar-refractivity contribution in [3.8, 4) is 33.8 Å². The molecule has 0 aliphatic carbocycles. The molecule has 0 amide bonds. The smallest absolute Gasteiger partial charge is 0.141 e. The molecule has 9 heteroatoms. The summed E-state index contributed by atoms with van der Waals surface area (Å²) in [6.07, 6.45) is 9.06. The zero-order valence-corrected chi connectivity index (χ0v) is 16.6. The van der Waals surface area contributed by atoms with E-state index in [-0.39, 0.29) is 11.4 Å². The SMILES string of the molecule is Nc1ncc(-c2cnn(C3CCNCC3)c2)cc1-c1ncc(-c2cc(F)ccc2F)[nH]1. The Morgan fingerprint density at radius 3 is 2.65 bits per heavy atom. The van der Waals surface area contributed by atoms with Crippen molar-refractivity contribution < 1.29 is 8.78 Å². The first kappa shape index (κ1) is 19.4. The Kier molecular flexibility index (Phi) is 4.95. The summed E-state index contributed by atoms with van der Waals surface area (Å²) in [5.74, 6) is -0.352. The van der Waals surface area contributed by atoms with Gasteiger partial charge in [0.1, 0.15) is 23.3 Å². The topological polar surface area (TPSA) is 97.4 Å². The van der Waals surface area contributed by atoms with Gasteiger partial charge in [0.25, 0.3) is 0 Å². The van der Waals surface area contributed by atoms with E-state index in [9.17, 15) is 8.78 Å². The Balaban J connectivity index is 1.47. The van der Waals surface area contributed by atoms with Gasteiger partial charge in [-0.05, 0) is 50.2 Å². The van der Waals surface area contributed by atoms with Gasteiger partial charge in [0.2, 0.25) is 0 Å². The van der Waals surface area contributed by atoms with Crippen LogP contribution in [0.2, 0.25) is 0 Å². The van der Waals surface area contributed by atoms with Gasteiger partial charge in [0, 0.05) is 29.1 Å². The van der Waals surface area contributed by atoms with E-state index in [1.807, 2.05) is 23.1 Å². The summed E-state index contributed by atoms with van der Waals surface area (Å²) in [5, 5.41) is 7.89. The Bertz CT molecular complexity index is 1220. The fourth-order valence-electron chi connectivity index (χ4n) is 3.88. The van der Waals surface area contributed by atoms with Crippen LogP contribution in [0.15, 0.2) is 49.1 Å². The molecule has 3 aromatic heterocycles. The number of aromatic nitrogens is 5. The molecule has 1 saturated heterocycles. The molecular formula is C22H21F2N7. The number of nitrogens with two attached hydrogens (primary N) is 1. The molecule has 4 N–H and O–H groups in total. The van der Waals surface area contributed by atoms with Crippen LogP contribution in [-0.4, -0.2) is 37.8 Å². The van der Waals surface area contributed by atoms with E-state index in [4.69, 9.17) is 5.73 Å². The maximum absolute atomic E-state index is 14.1. The number of anilines is 1. The van der Waals surface area contributed by atoms with E-state index in [0.717, 1.165) is 55.3 Å². The van der Waals surface area contributed by atoms with E-state index in [1.165, 1.54) is 6.20 Å². The number of H-pyrrole nitrogens is 1. The average Bonchev–Trinajstić information content (AvgIpc) is 3.47. The van der Waals surface area contributed by atoms with Crippen molar-refractivity contribution in [3.63, 3.8) is 0 Å². The normalized spacial score (nSPS) is 14.8. The second-order valence-electron chi connectivity index (χ2n) is 7.62. The molecule has 1 aliphatic heterocycles. The number of nitrogens with one attached hydrogen (secondary N) is 2. The molecule has 0 bridgehead atoms. The van der Waals surface area contributed by atoms with E-state index >= 15 is 0 Å². The van der Waals surface area contributed by atoms with Crippen molar-refractivity contribution in [1.29, 1.82) is 0 Å². The van der Waals surface area contributed by atoms with Crippen LogP contribution in [0.1, 0.15) is 18.9 Å². The van der Waals surface area contributed by atoms with Gasteiger partial charge in [0.05, 0.1) is 29.7 Å². The van der Waals surface area contributed by atoms with Crippen LogP contribution in [-0.2, 0) is 0 Å². The molecule has 31 heavy (non-hydrogen) atoms. The number of nitrogen functional groups attached to an aromatic ring is 1. The molecule has 7 nitrogen and oxygen atoms in total. The van der Waals surface area contributed by atoms with E-state index < -0.39 is 11.6 Å². The summed E-state index contributed by atoms with van der Waals surface area (Å²) in [7, 11) is 0. The minimum atomic E-state index is -0.540. The number of pyridine rings is 1. The highest BCUT2D eigenvalue weighted by molar-refractivity contribution is 5.77. The summed E-state index contributed by atoms with van der Waals surface area (Å²) in [4.78, 5) is 11.6. The van der Waals surface area contributed by atoms with Gasteiger partial charge >= 0.3 is 0 Å². The Hall–Kier alpha value is -3.59. The summed E-state index contributed by atoms with van der Waals surface area (Å²) < 4.78 is 29.7. The molecule has 4 aromatic rings. The zero-order chi connectivity index (χ0) is 21.4. The van der Waals surface area contributed by atoms with E-state index in [0.29, 0.717) is 23.1 Å². The minimum absolute atomic E-state index is 0.102. The van der Waals surface area contributed by atoms with Crippen LogP contribution < -0.4 is 11.1 Å². The van der Waals surface area contributed by atoms with Gasteiger partial charge in [-0.3, -0.25) is 4.68 Å². The van der Waals surface area contributed by atoms with Crippen molar-refractivity contribution in [2.24, 2.45) is 0 Å². The minimum Gasteiger partial charge on any atom is -0.383 e. The summed E-state index contributed by atoms with van der Waals surface area (Å²) >= 11 is 0. The maximum Gasteiger partial charge on any atom is 0.141 e. The van der Waals surface area contributed by atoms with Gasteiger partial charge in [-0.1, -0.05) is 0 Å². The molecule has 1 aliphatic rings. The highest BCUT2D eigenvalue weighted by Crippen LogP contribution is 2.31. The number of imidazole rings is 1. The second kappa shape index (κ2) is 7.92. The van der Waals surface area contributed by atoms with Gasteiger partial charge in [-0.25, -0.2) is 18.7 Å². The van der Waals surface area contributed by atoms with E-state index in [2.05, 4.69) is 25.4 Å². The first-order valence-electron chi connectivity index (χ1n) is 10.1. The zero-order valence-electron chi connectivity index (χ0n) is 16.6. The van der Waals surface area contributed by atoms with Crippen LogP contribution in [0.5, 0.6) is 0 Å². The van der Waals surface area contributed by atoms with Gasteiger partial charge in [0.15, 0.2) is 0 Å². The number of benzene rings is 1. The Morgan fingerprint density at radius 1 is 0.968 bits per heavy atom. The van der Waals surface area contributed by atoms with Gasteiger partial charge < -0.3 is 16.0 Å². The maximum atomic E-state index is 14.1. The molecular weight excluding hydrogens is 400 g/mol. The van der Waals surface area contributed by atoms with E-state index in [1.54, 1.807) is 6.20 Å². The predicted molar refractivity (Wildman–Crippen MR) is 114 cm³/mol. The van der Waals surface area contributed by atoms with Crippen molar-refractivity contribution in [2.45, 2.75) is 18.9 Å².